The normalized spacial score (nSPS) is 18.3. The molecule has 31 heavy (non-hydrogen) atoms. The Morgan fingerprint density at radius 2 is 1.74 bits per heavy atom. The predicted octanol–water partition coefficient (Wildman–Crippen LogP) is 3.60. The summed E-state index contributed by atoms with van der Waals surface area (Å²) >= 11 is 0. The van der Waals surface area contributed by atoms with Gasteiger partial charge in [0.25, 0.3) is 0 Å². The lowest BCUT2D eigenvalue weighted by Crippen LogP contribution is -2.16. The first-order chi connectivity index (χ1) is 15.1. The molecule has 3 N–H and O–H groups in total. The second-order valence-corrected chi connectivity index (χ2v) is 7.50. The SMILES string of the molecule is O=C(O)C[C@H]1CC[C@H](c2ccc(NC(=O)c3nnc(Nc4ncccn4)o3)cc2)CC1. The Balaban J connectivity index is 1.31. The van der Waals surface area contributed by atoms with Gasteiger partial charge in [-0.25, -0.2) is 9.97 Å². The van der Waals surface area contributed by atoms with E-state index in [0.717, 1.165) is 25.7 Å². The summed E-state index contributed by atoms with van der Waals surface area (Å²) in [5.74, 6) is -0.448. The standard InChI is InChI=1S/C21H22N6O4/c28-17(29)12-13-2-4-14(5-3-13)15-6-8-16(9-7-15)24-18(30)19-26-27-21(31-19)25-20-22-10-1-11-23-20/h1,6-11,13-14H,2-5,12H2,(H,24,30)(H,28,29)(H,22,23,25,27)/t13-,14-. The molecule has 1 aliphatic carbocycles. The van der Waals surface area contributed by atoms with E-state index in [0.29, 0.717) is 11.6 Å². The van der Waals surface area contributed by atoms with Crippen LogP contribution in [0.25, 0.3) is 0 Å². The molecule has 0 bridgehead atoms. The number of anilines is 3. The fourth-order valence-electron chi connectivity index (χ4n) is 3.79. The molecular weight excluding hydrogens is 400 g/mol. The van der Waals surface area contributed by atoms with Gasteiger partial charge in [0.2, 0.25) is 5.95 Å². The minimum atomic E-state index is -0.721. The van der Waals surface area contributed by atoms with Crippen molar-refractivity contribution in [1.29, 1.82) is 0 Å². The lowest BCUT2D eigenvalue weighted by molar-refractivity contribution is -0.138. The van der Waals surface area contributed by atoms with Crippen LogP contribution in [0, 0.1) is 5.92 Å². The lowest BCUT2D eigenvalue weighted by atomic mass is 9.77. The minimum Gasteiger partial charge on any atom is -0.481 e. The molecule has 10 nitrogen and oxygen atoms in total. The van der Waals surface area contributed by atoms with Crippen molar-refractivity contribution in [3.63, 3.8) is 0 Å². The highest BCUT2D eigenvalue weighted by atomic mass is 16.4. The lowest BCUT2D eigenvalue weighted by Gasteiger charge is -2.28. The Morgan fingerprint density at radius 3 is 2.42 bits per heavy atom. The minimum absolute atomic E-state index is 0.0187. The maximum absolute atomic E-state index is 12.4. The molecule has 160 valence electrons. The maximum atomic E-state index is 12.4. The van der Waals surface area contributed by atoms with Crippen molar-refractivity contribution in [2.75, 3.05) is 10.6 Å². The van der Waals surface area contributed by atoms with Crippen molar-refractivity contribution in [3.8, 4) is 0 Å². The highest BCUT2D eigenvalue weighted by Gasteiger charge is 2.24. The molecule has 1 amide bonds. The molecule has 4 rings (SSSR count). The molecule has 0 radical (unpaired) electrons. The van der Waals surface area contributed by atoms with Gasteiger partial charge < -0.3 is 14.8 Å². The fourth-order valence-corrected chi connectivity index (χ4v) is 3.79. The molecule has 1 aliphatic rings. The summed E-state index contributed by atoms with van der Waals surface area (Å²) in [6, 6.07) is 9.35. The largest absolute Gasteiger partial charge is 0.481 e. The van der Waals surface area contributed by atoms with Crippen LogP contribution in [0.1, 0.15) is 54.3 Å². The molecule has 2 heterocycles. The summed E-state index contributed by atoms with van der Waals surface area (Å²) in [7, 11) is 0. The van der Waals surface area contributed by atoms with E-state index in [1.54, 1.807) is 18.5 Å². The van der Waals surface area contributed by atoms with E-state index in [4.69, 9.17) is 9.52 Å². The van der Waals surface area contributed by atoms with Gasteiger partial charge >= 0.3 is 23.8 Å². The average molecular weight is 422 g/mol. The molecule has 2 aromatic heterocycles. The van der Waals surface area contributed by atoms with Gasteiger partial charge in [0.05, 0.1) is 0 Å². The van der Waals surface area contributed by atoms with Gasteiger partial charge in [0, 0.05) is 24.5 Å². The number of hydrogen-bond donors (Lipinski definition) is 3. The smallest absolute Gasteiger partial charge is 0.322 e. The average Bonchev–Trinajstić information content (AvgIpc) is 3.24. The Bertz CT molecular complexity index is 1030. The Hall–Kier alpha value is -3.82. The predicted molar refractivity (Wildman–Crippen MR) is 111 cm³/mol. The van der Waals surface area contributed by atoms with E-state index >= 15 is 0 Å². The van der Waals surface area contributed by atoms with Crippen molar-refractivity contribution in [3.05, 3.63) is 54.2 Å². The van der Waals surface area contributed by atoms with Crippen molar-refractivity contribution in [2.24, 2.45) is 5.92 Å². The number of aliphatic carboxylic acids is 1. The molecule has 3 aromatic rings. The summed E-state index contributed by atoms with van der Waals surface area (Å²) in [6.07, 6.45) is 7.19. The Morgan fingerprint density at radius 1 is 1.03 bits per heavy atom. The van der Waals surface area contributed by atoms with Gasteiger partial charge in [-0.1, -0.05) is 17.2 Å². The van der Waals surface area contributed by atoms with Crippen LogP contribution in [0.2, 0.25) is 0 Å². The Labute approximate surface area is 178 Å². The van der Waals surface area contributed by atoms with Gasteiger partial charge in [-0.15, -0.1) is 5.10 Å². The van der Waals surface area contributed by atoms with Crippen LogP contribution in [0.3, 0.4) is 0 Å². The molecular formula is C21H22N6O4. The number of rotatable bonds is 7. The van der Waals surface area contributed by atoms with Gasteiger partial charge in [-0.2, -0.15) is 0 Å². The first-order valence-electron chi connectivity index (χ1n) is 10.1. The van der Waals surface area contributed by atoms with Crippen LogP contribution >= 0.6 is 0 Å². The van der Waals surface area contributed by atoms with Crippen LogP contribution in [0.5, 0.6) is 0 Å². The van der Waals surface area contributed by atoms with Crippen LogP contribution in [-0.4, -0.2) is 37.1 Å². The number of carbonyl (C=O) groups is 2. The monoisotopic (exact) mass is 422 g/mol. The fraction of sp³-hybridized carbons (Fsp3) is 0.333. The Kier molecular flexibility index (Phi) is 6.16. The zero-order valence-corrected chi connectivity index (χ0v) is 16.7. The number of amides is 1. The zero-order chi connectivity index (χ0) is 21.6. The van der Waals surface area contributed by atoms with E-state index in [2.05, 4.69) is 30.8 Å². The van der Waals surface area contributed by atoms with Crippen molar-refractivity contribution in [1.82, 2.24) is 20.2 Å². The van der Waals surface area contributed by atoms with Crippen molar-refractivity contribution in [2.45, 2.75) is 38.0 Å². The molecule has 1 aromatic carbocycles. The summed E-state index contributed by atoms with van der Waals surface area (Å²) in [5, 5.41) is 21.9. The molecule has 0 saturated heterocycles. The number of carboxylic acid groups (broad SMARTS) is 1. The van der Waals surface area contributed by atoms with Crippen molar-refractivity contribution < 1.29 is 19.1 Å². The second-order valence-electron chi connectivity index (χ2n) is 7.50. The molecule has 0 spiro atoms. The topological polar surface area (TPSA) is 143 Å². The molecule has 10 heteroatoms. The third-order valence-electron chi connectivity index (χ3n) is 5.35. The summed E-state index contributed by atoms with van der Waals surface area (Å²) < 4.78 is 5.31. The first kappa shape index (κ1) is 20.5. The number of hydrogen-bond acceptors (Lipinski definition) is 8. The molecule has 1 fully saturated rings. The van der Waals surface area contributed by atoms with E-state index in [1.165, 1.54) is 5.56 Å². The number of carboxylic acids is 1. The number of nitrogens with one attached hydrogen (secondary N) is 2. The van der Waals surface area contributed by atoms with E-state index in [1.807, 2.05) is 24.3 Å². The van der Waals surface area contributed by atoms with Crippen LogP contribution in [0.15, 0.2) is 47.1 Å². The zero-order valence-electron chi connectivity index (χ0n) is 16.7. The summed E-state index contributed by atoms with van der Waals surface area (Å²) in [5.41, 5.74) is 1.81. The van der Waals surface area contributed by atoms with Gasteiger partial charge in [0.15, 0.2) is 0 Å². The number of nitrogens with zero attached hydrogens (tertiary/aromatic N) is 4. The van der Waals surface area contributed by atoms with Crippen LogP contribution < -0.4 is 10.6 Å². The molecule has 0 atom stereocenters. The van der Waals surface area contributed by atoms with Crippen molar-refractivity contribution >= 4 is 29.5 Å². The highest BCUT2D eigenvalue weighted by Crippen LogP contribution is 2.37. The highest BCUT2D eigenvalue weighted by molar-refractivity contribution is 6.00. The van der Waals surface area contributed by atoms with Crippen LogP contribution in [0.4, 0.5) is 17.7 Å². The summed E-state index contributed by atoms with van der Waals surface area (Å²) in [4.78, 5) is 31.2. The van der Waals surface area contributed by atoms with Gasteiger partial charge in [-0.3, -0.25) is 14.9 Å². The molecule has 0 aliphatic heterocycles. The van der Waals surface area contributed by atoms with E-state index in [9.17, 15) is 9.59 Å². The maximum Gasteiger partial charge on any atom is 0.322 e. The van der Waals surface area contributed by atoms with Crippen LogP contribution in [-0.2, 0) is 4.79 Å². The summed E-state index contributed by atoms with van der Waals surface area (Å²) in [6.45, 7) is 0. The second kappa shape index (κ2) is 9.33. The first-order valence-corrected chi connectivity index (χ1v) is 10.1. The van der Waals surface area contributed by atoms with Gasteiger partial charge in [0.1, 0.15) is 0 Å². The van der Waals surface area contributed by atoms with Gasteiger partial charge in [-0.05, 0) is 61.3 Å². The number of aromatic nitrogens is 4. The molecule has 0 unspecified atom stereocenters. The van der Waals surface area contributed by atoms with E-state index in [-0.39, 0.29) is 30.2 Å². The number of benzene rings is 1. The third-order valence-corrected chi connectivity index (χ3v) is 5.35. The van der Waals surface area contributed by atoms with E-state index < -0.39 is 11.9 Å². The third kappa shape index (κ3) is 5.41. The quantitative estimate of drug-likeness (QED) is 0.520. The molecule has 1 saturated carbocycles. The number of carbonyl (C=O) groups excluding carboxylic acids is 1.